The molecule has 0 amide bonds. The van der Waals surface area contributed by atoms with E-state index in [1.165, 1.54) is 31.1 Å². The molecular weight excluding hydrogens is 432 g/mol. The van der Waals surface area contributed by atoms with Crippen molar-refractivity contribution in [1.82, 2.24) is 15.1 Å². The lowest BCUT2D eigenvalue weighted by Gasteiger charge is -2.39. The highest BCUT2D eigenvalue weighted by atomic mass is 127. The standard InChI is InChI=1S/C16H29F3N4.HI/c1-4-6-13-11-14(13)21-15(20-5-2)23-9-7-22(8-10-23)12(3)16(17,18)19;/h12-14H,4-11H2,1-3H3,(H,20,21);1H. The molecule has 0 aromatic heterocycles. The average Bonchev–Trinajstić information content (AvgIpc) is 3.23. The van der Waals surface area contributed by atoms with E-state index in [1.54, 1.807) is 0 Å². The third kappa shape index (κ3) is 5.93. The van der Waals surface area contributed by atoms with Crippen LogP contribution in [0, 0.1) is 5.92 Å². The van der Waals surface area contributed by atoms with E-state index in [-0.39, 0.29) is 24.0 Å². The molecule has 3 unspecified atom stereocenters. The van der Waals surface area contributed by atoms with E-state index < -0.39 is 12.2 Å². The smallest absolute Gasteiger partial charge is 0.353 e. The Morgan fingerprint density at radius 1 is 1.21 bits per heavy atom. The number of hydrogen-bond donors (Lipinski definition) is 1. The summed E-state index contributed by atoms with van der Waals surface area (Å²) in [6, 6.07) is -0.881. The van der Waals surface area contributed by atoms with E-state index in [0.717, 1.165) is 11.9 Å². The quantitative estimate of drug-likeness (QED) is 0.387. The minimum atomic E-state index is -4.15. The van der Waals surface area contributed by atoms with Gasteiger partial charge in [0.1, 0.15) is 6.04 Å². The molecule has 8 heteroatoms. The first-order valence-corrected chi connectivity index (χ1v) is 8.73. The van der Waals surface area contributed by atoms with Gasteiger partial charge in [0.2, 0.25) is 0 Å². The molecule has 1 N–H and O–H groups in total. The molecule has 3 atom stereocenters. The van der Waals surface area contributed by atoms with Crippen LogP contribution in [0.1, 0.15) is 40.0 Å². The Morgan fingerprint density at radius 3 is 2.33 bits per heavy atom. The Bertz CT molecular complexity index is 409. The Morgan fingerprint density at radius 2 is 1.83 bits per heavy atom. The van der Waals surface area contributed by atoms with Crippen LogP contribution in [0.25, 0.3) is 0 Å². The van der Waals surface area contributed by atoms with Crippen LogP contribution in [0.15, 0.2) is 4.99 Å². The van der Waals surface area contributed by atoms with Gasteiger partial charge in [0.25, 0.3) is 0 Å². The third-order valence-corrected chi connectivity index (χ3v) is 4.84. The van der Waals surface area contributed by atoms with Crippen LogP contribution < -0.4 is 5.32 Å². The van der Waals surface area contributed by atoms with E-state index in [2.05, 4.69) is 22.1 Å². The lowest BCUT2D eigenvalue weighted by Crippen LogP contribution is -2.57. The SMILES string of the molecule is CCCC1CC1NC(=NCC)N1CCN(C(C)C(F)(F)F)CC1.I. The normalized spacial score (nSPS) is 26.8. The summed E-state index contributed by atoms with van der Waals surface area (Å²) < 4.78 is 38.4. The summed E-state index contributed by atoms with van der Waals surface area (Å²) in [5, 5.41) is 3.51. The monoisotopic (exact) mass is 462 g/mol. The summed E-state index contributed by atoms with van der Waals surface area (Å²) in [4.78, 5) is 8.14. The van der Waals surface area contributed by atoms with Crippen LogP contribution in [0.3, 0.4) is 0 Å². The van der Waals surface area contributed by atoms with Gasteiger partial charge in [-0.2, -0.15) is 13.2 Å². The zero-order valence-corrected chi connectivity index (χ0v) is 17.1. The maximum Gasteiger partial charge on any atom is 0.403 e. The van der Waals surface area contributed by atoms with Crippen molar-refractivity contribution in [1.29, 1.82) is 0 Å². The largest absolute Gasteiger partial charge is 0.403 e. The molecule has 1 aliphatic carbocycles. The number of rotatable bonds is 5. The van der Waals surface area contributed by atoms with Crippen LogP contribution in [0.4, 0.5) is 13.2 Å². The molecule has 1 aliphatic heterocycles. The number of halogens is 4. The van der Waals surface area contributed by atoms with Crippen molar-refractivity contribution in [3.8, 4) is 0 Å². The maximum atomic E-state index is 12.8. The fourth-order valence-electron chi connectivity index (χ4n) is 3.19. The molecule has 2 aliphatic rings. The molecule has 0 bridgehead atoms. The van der Waals surface area contributed by atoms with Crippen LogP contribution in [-0.4, -0.2) is 66.7 Å². The van der Waals surface area contributed by atoms with E-state index in [1.807, 2.05) is 6.92 Å². The van der Waals surface area contributed by atoms with E-state index in [9.17, 15) is 13.2 Å². The summed E-state index contributed by atoms with van der Waals surface area (Å²) >= 11 is 0. The zero-order valence-electron chi connectivity index (χ0n) is 14.8. The van der Waals surface area contributed by atoms with Crippen molar-refractivity contribution in [2.45, 2.75) is 58.3 Å². The number of guanidine groups is 1. The molecule has 1 saturated carbocycles. The highest BCUT2D eigenvalue weighted by molar-refractivity contribution is 14.0. The molecule has 0 aromatic rings. The van der Waals surface area contributed by atoms with Gasteiger partial charge in [-0.3, -0.25) is 9.89 Å². The molecule has 1 saturated heterocycles. The summed E-state index contributed by atoms with van der Waals surface area (Å²) in [6.45, 7) is 8.15. The minimum Gasteiger partial charge on any atom is -0.353 e. The topological polar surface area (TPSA) is 30.9 Å². The van der Waals surface area contributed by atoms with Gasteiger partial charge in [-0.25, -0.2) is 0 Å². The van der Waals surface area contributed by atoms with Crippen LogP contribution in [0.5, 0.6) is 0 Å². The van der Waals surface area contributed by atoms with Crippen LogP contribution in [0.2, 0.25) is 0 Å². The fourth-order valence-corrected chi connectivity index (χ4v) is 3.19. The molecule has 2 rings (SSSR count). The maximum absolute atomic E-state index is 12.8. The van der Waals surface area contributed by atoms with Gasteiger partial charge in [0.05, 0.1) is 0 Å². The number of piperazine rings is 1. The first-order chi connectivity index (χ1) is 10.9. The van der Waals surface area contributed by atoms with Crippen molar-refractivity contribution in [3.05, 3.63) is 0 Å². The first-order valence-electron chi connectivity index (χ1n) is 8.73. The van der Waals surface area contributed by atoms with Gasteiger partial charge in [-0.05, 0) is 32.6 Å². The van der Waals surface area contributed by atoms with Gasteiger partial charge in [0, 0.05) is 38.8 Å². The molecule has 142 valence electrons. The number of alkyl halides is 3. The fraction of sp³-hybridized carbons (Fsp3) is 0.938. The highest BCUT2D eigenvalue weighted by Gasteiger charge is 2.42. The van der Waals surface area contributed by atoms with Gasteiger partial charge in [0.15, 0.2) is 5.96 Å². The molecule has 2 fully saturated rings. The lowest BCUT2D eigenvalue weighted by molar-refractivity contribution is -0.181. The first kappa shape index (κ1) is 21.8. The number of hydrogen-bond acceptors (Lipinski definition) is 2. The number of nitrogens with one attached hydrogen (secondary N) is 1. The van der Waals surface area contributed by atoms with Crippen molar-refractivity contribution < 1.29 is 13.2 Å². The van der Waals surface area contributed by atoms with Gasteiger partial charge in [-0.15, -0.1) is 24.0 Å². The summed E-state index contributed by atoms with van der Waals surface area (Å²) in [5.41, 5.74) is 0. The molecule has 0 aromatic carbocycles. The third-order valence-electron chi connectivity index (χ3n) is 4.84. The highest BCUT2D eigenvalue weighted by Crippen LogP contribution is 2.34. The molecular formula is C16H30F3IN4. The molecule has 0 radical (unpaired) electrons. The lowest BCUT2D eigenvalue weighted by atomic mass is 10.2. The van der Waals surface area contributed by atoms with Gasteiger partial charge in [-0.1, -0.05) is 13.3 Å². The summed E-state index contributed by atoms with van der Waals surface area (Å²) in [7, 11) is 0. The minimum absolute atomic E-state index is 0. The van der Waals surface area contributed by atoms with Gasteiger partial charge >= 0.3 is 6.18 Å². The zero-order chi connectivity index (χ0) is 17.0. The number of aliphatic imine (C=N–C) groups is 1. The average molecular weight is 462 g/mol. The van der Waals surface area contributed by atoms with Crippen LogP contribution in [-0.2, 0) is 0 Å². The predicted octanol–water partition coefficient (Wildman–Crippen LogP) is 3.33. The van der Waals surface area contributed by atoms with Gasteiger partial charge < -0.3 is 10.2 Å². The summed E-state index contributed by atoms with van der Waals surface area (Å²) in [5.74, 6) is 1.60. The molecule has 1 heterocycles. The number of nitrogens with zero attached hydrogens (tertiary/aromatic N) is 3. The van der Waals surface area contributed by atoms with Crippen molar-refractivity contribution >= 4 is 29.9 Å². The van der Waals surface area contributed by atoms with E-state index in [4.69, 9.17) is 0 Å². The Kier molecular flexibility index (Phi) is 8.58. The van der Waals surface area contributed by atoms with E-state index in [0.29, 0.717) is 38.8 Å². The van der Waals surface area contributed by atoms with Crippen LogP contribution >= 0.6 is 24.0 Å². The second-order valence-corrected chi connectivity index (χ2v) is 6.57. The Labute approximate surface area is 160 Å². The van der Waals surface area contributed by atoms with Crippen molar-refractivity contribution in [2.75, 3.05) is 32.7 Å². The molecule has 0 spiro atoms. The predicted molar refractivity (Wildman–Crippen MR) is 102 cm³/mol. The van der Waals surface area contributed by atoms with Crippen molar-refractivity contribution in [2.24, 2.45) is 10.9 Å². The second-order valence-electron chi connectivity index (χ2n) is 6.57. The Hall–Kier alpha value is -0.250. The van der Waals surface area contributed by atoms with Crippen molar-refractivity contribution in [3.63, 3.8) is 0 Å². The second kappa shape index (κ2) is 9.45. The molecule has 24 heavy (non-hydrogen) atoms. The molecule has 4 nitrogen and oxygen atoms in total. The Balaban J connectivity index is 0.00000288. The summed E-state index contributed by atoms with van der Waals surface area (Å²) in [6.07, 6.45) is -0.547. The van der Waals surface area contributed by atoms with E-state index >= 15 is 0 Å².